The van der Waals surface area contributed by atoms with Crippen molar-refractivity contribution in [1.29, 1.82) is 0 Å². The number of nitrogens with zero attached hydrogens (tertiary/aromatic N) is 6. The topological polar surface area (TPSA) is 88.5 Å². The summed E-state index contributed by atoms with van der Waals surface area (Å²) in [7, 11) is 1.59. The first kappa shape index (κ1) is 18.3. The third-order valence-electron chi connectivity index (χ3n) is 5.32. The van der Waals surface area contributed by atoms with E-state index < -0.39 is 5.72 Å². The highest BCUT2D eigenvalue weighted by Crippen LogP contribution is 2.35. The van der Waals surface area contributed by atoms with E-state index in [2.05, 4.69) is 15.3 Å². The maximum absolute atomic E-state index is 13.8. The van der Waals surface area contributed by atoms with Gasteiger partial charge in [-0.15, -0.1) is 5.10 Å². The number of hydrogen-bond acceptors (Lipinski definition) is 6. The molecule has 0 saturated carbocycles. The van der Waals surface area contributed by atoms with Crippen molar-refractivity contribution in [2.24, 2.45) is 0 Å². The van der Waals surface area contributed by atoms with E-state index in [9.17, 15) is 4.79 Å². The molecule has 4 aromatic rings. The smallest absolute Gasteiger partial charge is 0.281 e. The molecular formula is C19H19ClN6O3. The second kappa shape index (κ2) is 6.65. The molecule has 0 radical (unpaired) electrons. The van der Waals surface area contributed by atoms with Crippen LogP contribution >= 0.6 is 11.6 Å². The number of aromatic nitrogens is 6. The van der Waals surface area contributed by atoms with Crippen molar-refractivity contribution in [3.63, 3.8) is 0 Å². The Balaban J connectivity index is 1.87. The van der Waals surface area contributed by atoms with Crippen molar-refractivity contribution in [2.75, 3.05) is 13.7 Å². The molecule has 1 atom stereocenters. The van der Waals surface area contributed by atoms with Crippen LogP contribution in [0.5, 0.6) is 0 Å². The molecule has 5 rings (SSSR count). The highest BCUT2D eigenvalue weighted by Gasteiger charge is 2.36. The van der Waals surface area contributed by atoms with E-state index in [1.54, 1.807) is 34.7 Å². The minimum Gasteiger partial charge on any atom is -0.378 e. The third kappa shape index (κ3) is 2.69. The van der Waals surface area contributed by atoms with E-state index in [-0.39, 0.29) is 5.56 Å². The molecule has 1 saturated heterocycles. The van der Waals surface area contributed by atoms with Crippen molar-refractivity contribution < 1.29 is 9.47 Å². The Morgan fingerprint density at radius 3 is 2.97 bits per heavy atom. The van der Waals surface area contributed by atoms with Gasteiger partial charge in [-0.3, -0.25) is 13.8 Å². The fourth-order valence-electron chi connectivity index (χ4n) is 4.02. The van der Waals surface area contributed by atoms with Gasteiger partial charge in [0.2, 0.25) is 0 Å². The van der Waals surface area contributed by atoms with Crippen LogP contribution in [0.3, 0.4) is 0 Å². The van der Waals surface area contributed by atoms with Crippen molar-refractivity contribution in [3.8, 4) is 5.82 Å². The number of fused-ring (bicyclic) bond motifs is 3. The molecule has 9 nitrogen and oxygen atoms in total. The van der Waals surface area contributed by atoms with E-state index in [4.69, 9.17) is 21.1 Å². The van der Waals surface area contributed by atoms with Crippen LogP contribution in [-0.4, -0.2) is 42.7 Å². The molecule has 1 unspecified atom stereocenters. The van der Waals surface area contributed by atoms with E-state index in [0.717, 1.165) is 11.9 Å². The fraction of sp³-hybridized carbons (Fsp3) is 0.368. The maximum Gasteiger partial charge on any atom is 0.281 e. The van der Waals surface area contributed by atoms with Gasteiger partial charge in [0.15, 0.2) is 11.3 Å². The largest absolute Gasteiger partial charge is 0.378 e. The standard InChI is InChI=1S/C19H19ClN6O3/c1-19(7-4-8-29-19)26-15-13(20)5-3-6-14(15)24-11-21-17(16(24)18(26)27)25-9-12(10-28-2)22-23-25/h3,5-6,9,11H,4,7-8,10H2,1-2H3. The second-order valence-electron chi connectivity index (χ2n) is 7.25. The zero-order chi connectivity index (χ0) is 20.2. The molecule has 0 bridgehead atoms. The Morgan fingerprint density at radius 2 is 2.21 bits per heavy atom. The molecule has 0 aliphatic carbocycles. The van der Waals surface area contributed by atoms with Crippen molar-refractivity contribution >= 4 is 28.2 Å². The summed E-state index contributed by atoms with van der Waals surface area (Å²) in [5.74, 6) is 0.391. The first-order chi connectivity index (χ1) is 14.0. The van der Waals surface area contributed by atoms with Crippen LogP contribution in [0.4, 0.5) is 0 Å². The number of imidazole rings is 1. The molecule has 150 valence electrons. The van der Waals surface area contributed by atoms with Crippen LogP contribution < -0.4 is 5.56 Å². The summed E-state index contributed by atoms with van der Waals surface area (Å²) in [6.07, 6.45) is 4.89. The number of methoxy groups -OCH3 is 1. The Kier molecular flexibility index (Phi) is 4.19. The summed E-state index contributed by atoms with van der Waals surface area (Å²) in [6, 6.07) is 5.53. The predicted octanol–water partition coefficient (Wildman–Crippen LogP) is 2.51. The van der Waals surface area contributed by atoms with Gasteiger partial charge in [-0.2, -0.15) is 4.68 Å². The number of ether oxygens (including phenoxy) is 2. The van der Waals surface area contributed by atoms with Crippen molar-refractivity contribution in [2.45, 2.75) is 32.1 Å². The van der Waals surface area contributed by atoms with E-state index >= 15 is 0 Å². The average molecular weight is 415 g/mol. The maximum atomic E-state index is 13.8. The molecule has 3 aromatic heterocycles. The van der Waals surface area contributed by atoms with Gasteiger partial charge in [-0.25, -0.2) is 4.98 Å². The van der Waals surface area contributed by atoms with Crippen LogP contribution in [-0.2, 0) is 21.8 Å². The number of para-hydroxylation sites is 1. The Bertz CT molecular complexity index is 1280. The first-order valence-electron chi connectivity index (χ1n) is 9.29. The van der Waals surface area contributed by atoms with Crippen LogP contribution in [0, 0.1) is 0 Å². The number of hydrogen-bond donors (Lipinski definition) is 0. The fourth-order valence-corrected chi connectivity index (χ4v) is 4.28. The first-order valence-corrected chi connectivity index (χ1v) is 9.66. The summed E-state index contributed by atoms with van der Waals surface area (Å²) in [5, 5.41) is 8.67. The average Bonchev–Trinajstić information content (AvgIpc) is 3.43. The summed E-state index contributed by atoms with van der Waals surface area (Å²) < 4.78 is 16.0. The van der Waals surface area contributed by atoms with Gasteiger partial charge in [0, 0.05) is 13.7 Å². The summed E-state index contributed by atoms with van der Waals surface area (Å²) in [6.45, 7) is 2.83. The molecule has 0 N–H and O–H groups in total. The van der Waals surface area contributed by atoms with Crippen LogP contribution in [0.1, 0.15) is 25.5 Å². The van der Waals surface area contributed by atoms with Gasteiger partial charge in [0.05, 0.1) is 28.9 Å². The molecule has 0 spiro atoms. The molecule has 1 fully saturated rings. The van der Waals surface area contributed by atoms with Gasteiger partial charge in [-0.05, 0) is 31.9 Å². The van der Waals surface area contributed by atoms with Gasteiger partial charge in [0.1, 0.15) is 17.7 Å². The quantitative estimate of drug-likeness (QED) is 0.510. The SMILES string of the molecule is COCc1cn(-c2ncn3c2c(=O)n(C2(C)CCCO2)c2c(Cl)cccc23)nn1. The van der Waals surface area contributed by atoms with Gasteiger partial charge in [0.25, 0.3) is 5.56 Å². The van der Waals surface area contributed by atoms with Crippen LogP contribution in [0.2, 0.25) is 5.02 Å². The normalized spacial score (nSPS) is 19.6. The van der Waals surface area contributed by atoms with Crippen LogP contribution in [0.25, 0.3) is 22.4 Å². The summed E-state index contributed by atoms with van der Waals surface area (Å²) in [4.78, 5) is 18.2. The predicted molar refractivity (Wildman–Crippen MR) is 106 cm³/mol. The molecule has 10 heteroatoms. The lowest BCUT2D eigenvalue weighted by Crippen LogP contribution is -2.39. The summed E-state index contributed by atoms with van der Waals surface area (Å²) in [5.41, 5.74) is 1.38. The number of halogens is 1. The molecule has 29 heavy (non-hydrogen) atoms. The second-order valence-corrected chi connectivity index (χ2v) is 7.66. The molecule has 0 amide bonds. The summed E-state index contributed by atoms with van der Waals surface area (Å²) >= 11 is 6.55. The molecule has 1 aromatic carbocycles. The lowest BCUT2D eigenvalue weighted by molar-refractivity contribution is -0.0447. The minimum absolute atomic E-state index is 0.244. The lowest BCUT2D eigenvalue weighted by atomic mass is 10.1. The Hall–Kier alpha value is -2.75. The molecule has 4 heterocycles. The van der Waals surface area contributed by atoms with Crippen molar-refractivity contribution in [1.82, 2.24) is 28.9 Å². The number of benzene rings is 1. The molecule has 1 aliphatic heterocycles. The molecular weight excluding hydrogens is 396 g/mol. The highest BCUT2D eigenvalue weighted by molar-refractivity contribution is 6.35. The van der Waals surface area contributed by atoms with Crippen molar-refractivity contribution in [3.05, 3.63) is 51.8 Å². The third-order valence-corrected chi connectivity index (χ3v) is 5.63. The minimum atomic E-state index is -0.785. The van der Waals surface area contributed by atoms with Gasteiger partial charge < -0.3 is 9.47 Å². The zero-order valence-corrected chi connectivity index (χ0v) is 16.8. The van der Waals surface area contributed by atoms with E-state index in [1.807, 2.05) is 19.1 Å². The monoisotopic (exact) mass is 414 g/mol. The van der Waals surface area contributed by atoms with E-state index in [1.165, 1.54) is 4.68 Å². The van der Waals surface area contributed by atoms with E-state index in [0.29, 0.717) is 47.2 Å². The Labute approximate surface area is 170 Å². The lowest BCUT2D eigenvalue weighted by Gasteiger charge is -2.28. The number of rotatable bonds is 4. The highest BCUT2D eigenvalue weighted by atomic mass is 35.5. The zero-order valence-electron chi connectivity index (χ0n) is 16.0. The van der Waals surface area contributed by atoms with Gasteiger partial charge in [-0.1, -0.05) is 22.9 Å². The Morgan fingerprint density at radius 1 is 1.34 bits per heavy atom. The molecule has 1 aliphatic rings. The van der Waals surface area contributed by atoms with Gasteiger partial charge >= 0.3 is 0 Å². The van der Waals surface area contributed by atoms with Crippen LogP contribution in [0.15, 0.2) is 35.5 Å².